The summed E-state index contributed by atoms with van der Waals surface area (Å²) in [4.78, 5) is 17.1. The molecule has 0 aliphatic heterocycles. The monoisotopic (exact) mass is 210 g/mol. The molecule has 0 unspecified atom stereocenters. The molecule has 0 atom stereocenters. The summed E-state index contributed by atoms with van der Waals surface area (Å²) in [5, 5.41) is 31.2. The van der Waals surface area contributed by atoms with Crippen LogP contribution in [0.2, 0.25) is 0 Å². The quantitative estimate of drug-likeness (QED) is 0.386. The van der Waals surface area contributed by atoms with E-state index in [4.69, 9.17) is 35.5 Å². The molecular weight excluding hydrogens is 196 g/mol. The zero-order chi connectivity index (χ0) is 12.4. The normalized spacial score (nSPS) is 8.21. The minimum absolute atomic E-state index is 0.167. The summed E-state index contributed by atoms with van der Waals surface area (Å²) >= 11 is 0. The van der Waals surface area contributed by atoms with Gasteiger partial charge >= 0.3 is 12.3 Å². The Balaban J connectivity index is -0.000000135. The highest BCUT2D eigenvalue weighted by Gasteiger charge is 2.03. The van der Waals surface area contributed by atoms with E-state index in [0.29, 0.717) is 0 Å². The molecule has 0 radical (unpaired) electrons. The van der Waals surface area contributed by atoms with Crippen molar-refractivity contribution in [3.63, 3.8) is 0 Å². The van der Waals surface area contributed by atoms with Gasteiger partial charge in [-0.1, -0.05) is 0 Å². The lowest BCUT2D eigenvalue weighted by Gasteiger charge is -2.05. The molecule has 5 N–H and O–H groups in total. The Morgan fingerprint density at radius 1 is 1.00 bits per heavy atom. The number of hydrogen-bond acceptors (Lipinski definition) is 4. The molecule has 0 rings (SSSR count). The lowest BCUT2D eigenvalue weighted by molar-refractivity contribution is 0.135. The lowest BCUT2D eigenvalue weighted by atomic mass is 10.1. The highest BCUT2D eigenvalue weighted by Crippen LogP contribution is 2.03. The van der Waals surface area contributed by atoms with Gasteiger partial charge in [-0.25, -0.2) is 15.1 Å². The van der Waals surface area contributed by atoms with Crippen LogP contribution in [0.15, 0.2) is 5.11 Å². The van der Waals surface area contributed by atoms with Crippen molar-refractivity contribution in [3.05, 3.63) is 0 Å². The van der Waals surface area contributed by atoms with Gasteiger partial charge in [-0.15, -0.1) is 0 Å². The Kier molecular flexibility index (Phi) is 11.9. The maximum Gasteiger partial charge on any atom is 0.503 e. The summed E-state index contributed by atoms with van der Waals surface area (Å²) < 4.78 is 0. The van der Waals surface area contributed by atoms with E-state index in [2.05, 4.69) is 5.11 Å². The average Bonchev–Trinajstić information content (AvgIpc) is 1.83. The smallest absolute Gasteiger partial charge is 0.450 e. The maximum absolute atomic E-state index is 8.56. The Bertz CT molecular complexity index is 165. The molecule has 0 aromatic rings. The number of carbonyl (C=O) groups is 2. The van der Waals surface area contributed by atoms with E-state index in [1.54, 1.807) is 0 Å². The molecule has 0 aromatic carbocycles. The Morgan fingerprint density at radius 3 is 1.07 bits per heavy atom. The first kappa shape index (κ1) is 18.0. The summed E-state index contributed by atoms with van der Waals surface area (Å²) in [7, 11) is 0. The molecule has 0 spiro atoms. The van der Waals surface area contributed by atoms with E-state index in [1.165, 1.54) is 0 Å². The molecule has 0 saturated carbocycles. The lowest BCUT2D eigenvalue weighted by Crippen LogP contribution is -2.06. The molecular formula is C6H14N2O6. The Morgan fingerprint density at radius 2 is 1.07 bits per heavy atom. The first-order valence-corrected chi connectivity index (χ1v) is 3.25. The molecule has 0 aromatic heterocycles. The molecule has 0 saturated heterocycles. The molecule has 84 valence electrons. The molecule has 0 bridgehead atoms. The number of carboxylic acid groups (broad SMARTS) is 4. The van der Waals surface area contributed by atoms with E-state index >= 15 is 0 Å². The third-order valence-corrected chi connectivity index (χ3v) is 0.335. The summed E-state index contributed by atoms with van der Waals surface area (Å²) in [5.41, 5.74) is 6.31. The summed E-state index contributed by atoms with van der Waals surface area (Å²) in [6.07, 6.45) is -3.67. The van der Waals surface area contributed by atoms with E-state index < -0.39 is 12.3 Å². The van der Waals surface area contributed by atoms with E-state index in [1.807, 2.05) is 20.8 Å². The molecule has 8 heteroatoms. The van der Waals surface area contributed by atoms with Gasteiger partial charge in [0, 0.05) is 0 Å². The van der Waals surface area contributed by atoms with Gasteiger partial charge in [-0.05, 0) is 20.8 Å². The SMILES string of the molecule is CC(C)(C)N=N.O=C(O)O.O=C(O)O. The van der Waals surface area contributed by atoms with Crippen LogP contribution in [0.1, 0.15) is 20.8 Å². The van der Waals surface area contributed by atoms with Crippen LogP contribution in [0.5, 0.6) is 0 Å². The van der Waals surface area contributed by atoms with Gasteiger partial charge in [0.05, 0.1) is 5.54 Å². The van der Waals surface area contributed by atoms with Gasteiger partial charge in [0.2, 0.25) is 0 Å². The maximum atomic E-state index is 8.56. The fraction of sp³-hybridized carbons (Fsp3) is 0.667. The van der Waals surface area contributed by atoms with E-state index in [-0.39, 0.29) is 5.54 Å². The van der Waals surface area contributed by atoms with Gasteiger partial charge in [-0.3, -0.25) is 0 Å². The zero-order valence-corrected chi connectivity index (χ0v) is 8.05. The number of nitrogens with one attached hydrogen (secondary N) is 1. The number of rotatable bonds is 0. The van der Waals surface area contributed by atoms with Gasteiger partial charge in [-0.2, -0.15) is 5.11 Å². The third kappa shape index (κ3) is 652. The zero-order valence-electron chi connectivity index (χ0n) is 8.05. The highest BCUT2D eigenvalue weighted by atomic mass is 16.6. The molecule has 0 fully saturated rings. The van der Waals surface area contributed by atoms with Gasteiger partial charge < -0.3 is 20.4 Å². The minimum Gasteiger partial charge on any atom is -0.450 e. The molecule has 0 heterocycles. The summed E-state index contributed by atoms with van der Waals surface area (Å²) in [6, 6.07) is 0. The van der Waals surface area contributed by atoms with Crippen LogP contribution in [0.4, 0.5) is 9.59 Å². The Hall–Kier alpha value is -1.86. The molecule has 0 amide bonds. The average molecular weight is 210 g/mol. The number of hydrogen-bond donors (Lipinski definition) is 5. The largest absolute Gasteiger partial charge is 0.503 e. The van der Waals surface area contributed by atoms with Crippen molar-refractivity contribution in [2.75, 3.05) is 0 Å². The van der Waals surface area contributed by atoms with Crippen LogP contribution in [0, 0.1) is 5.53 Å². The minimum atomic E-state index is -1.83. The summed E-state index contributed by atoms with van der Waals surface area (Å²) in [5.74, 6) is 0. The van der Waals surface area contributed by atoms with Crippen molar-refractivity contribution < 1.29 is 30.0 Å². The third-order valence-electron chi connectivity index (χ3n) is 0.335. The standard InChI is InChI=1S/C4H10N2.2CH2O3/c1-4(2,3)6-5;2*2-1(3)4/h5H,1-3H3;2*(H2,2,3,4). The van der Waals surface area contributed by atoms with Crippen molar-refractivity contribution in [1.82, 2.24) is 0 Å². The molecule has 8 nitrogen and oxygen atoms in total. The summed E-state index contributed by atoms with van der Waals surface area (Å²) in [6.45, 7) is 5.67. The van der Waals surface area contributed by atoms with E-state index in [9.17, 15) is 0 Å². The van der Waals surface area contributed by atoms with Crippen LogP contribution in [0.3, 0.4) is 0 Å². The predicted molar refractivity (Wildman–Crippen MR) is 46.2 cm³/mol. The van der Waals surface area contributed by atoms with Gasteiger partial charge in [0.15, 0.2) is 0 Å². The van der Waals surface area contributed by atoms with Crippen molar-refractivity contribution in [1.29, 1.82) is 5.53 Å². The first-order valence-electron chi connectivity index (χ1n) is 3.25. The van der Waals surface area contributed by atoms with Crippen LogP contribution in [-0.2, 0) is 0 Å². The van der Waals surface area contributed by atoms with Gasteiger partial charge in [0.1, 0.15) is 0 Å². The molecule has 0 aliphatic rings. The fourth-order valence-electron chi connectivity index (χ4n) is 0. The number of nitrogens with zero attached hydrogens (tertiary/aromatic N) is 1. The fourth-order valence-corrected chi connectivity index (χ4v) is 0. The second kappa shape index (κ2) is 9.23. The van der Waals surface area contributed by atoms with Crippen molar-refractivity contribution in [3.8, 4) is 0 Å². The van der Waals surface area contributed by atoms with E-state index in [0.717, 1.165) is 0 Å². The topological polar surface area (TPSA) is 151 Å². The van der Waals surface area contributed by atoms with Crippen molar-refractivity contribution >= 4 is 12.3 Å². The van der Waals surface area contributed by atoms with Crippen molar-refractivity contribution in [2.45, 2.75) is 26.3 Å². The second-order valence-electron chi connectivity index (χ2n) is 2.85. The van der Waals surface area contributed by atoms with Crippen LogP contribution in [0.25, 0.3) is 0 Å². The Labute approximate surface area is 80.3 Å². The van der Waals surface area contributed by atoms with Crippen LogP contribution < -0.4 is 0 Å². The van der Waals surface area contributed by atoms with Crippen LogP contribution in [-0.4, -0.2) is 38.3 Å². The second-order valence-corrected chi connectivity index (χ2v) is 2.85. The molecule has 0 aliphatic carbocycles. The first-order chi connectivity index (χ1) is 6.02. The highest BCUT2D eigenvalue weighted by molar-refractivity contribution is 5.53. The van der Waals surface area contributed by atoms with Crippen LogP contribution >= 0.6 is 0 Å². The van der Waals surface area contributed by atoms with Crippen molar-refractivity contribution in [2.24, 2.45) is 5.11 Å². The predicted octanol–water partition coefficient (Wildman–Crippen LogP) is 2.26. The van der Waals surface area contributed by atoms with Gasteiger partial charge in [0.25, 0.3) is 0 Å². The molecule has 14 heavy (non-hydrogen) atoms.